The fourth-order valence-electron chi connectivity index (χ4n) is 1.97. The maximum atomic E-state index is 12.7. The molecule has 0 aliphatic rings. The minimum Gasteiger partial charge on any atom is -0.207 e. The van der Waals surface area contributed by atoms with Crippen LogP contribution in [0.3, 0.4) is 0 Å². The highest BCUT2D eigenvalue weighted by Crippen LogP contribution is 2.17. The van der Waals surface area contributed by atoms with Crippen molar-refractivity contribution in [2.24, 2.45) is 0 Å². The van der Waals surface area contributed by atoms with E-state index in [-0.39, 0.29) is 0 Å². The van der Waals surface area contributed by atoms with Gasteiger partial charge < -0.3 is 0 Å². The molecule has 7 nitrogen and oxygen atoms in total. The number of rotatable bonds is 7. The minimum absolute atomic E-state index is 0.315. The fourth-order valence-corrected chi connectivity index (χ4v) is 3.51. The summed E-state index contributed by atoms with van der Waals surface area (Å²) in [5.74, 6) is 0.509. The second-order valence-electron chi connectivity index (χ2n) is 4.80. The molecule has 0 atom stereocenters. The van der Waals surface area contributed by atoms with Gasteiger partial charge in [-0.05, 0) is 25.5 Å². The quantitative estimate of drug-likeness (QED) is 0.828. The van der Waals surface area contributed by atoms with Crippen LogP contribution < -0.4 is 0 Å². The van der Waals surface area contributed by atoms with Gasteiger partial charge in [-0.3, -0.25) is 0 Å². The Balaban J connectivity index is 2.17. The highest BCUT2D eigenvalue weighted by molar-refractivity contribution is 7.89. The van der Waals surface area contributed by atoms with Crippen LogP contribution >= 0.6 is 0 Å². The summed E-state index contributed by atoms with van der Waals surface area (Å²) in [4.78, 5) is 0.315. The molecule has 0 bridgehead atoms. The normalized spacial score (nSPS) is 12.0. The van der Waals surface area contributed by atoms with Crippen LogP contribution in [0.25, 0.3) is 0 Å². The lowest BCUT2D eigenvalue weighted by atomic mass is 10.2. The predicted molar refractivity (Wildman–Crippen MR) is 78.1 cm³/mol. The zero-order valence-corrected chi connectivity index (χ0v) is 13.0. The molecule has 0 saturated heterocycles. The average Bonchev–Trinajstić information content (AvgIpc) is 2.97. The first-order valence-corrected chi connectivity index (χ1v) is 8.27. The van der Waals surface area contributed by atoms with E-state index in [1.54, 1.807) is 24.3 Å². The van der Waals surface area contributed by atoms with Gasteiger partial charge in [0.1, 0.15) is 0 Å². The van der Waals surface area contributed by atoms with Gasteiger partial charge in [-0.25, -0.2) is 8.42 Å². The Hall–Kier alpha value is -1.80. The minimum atomic E-state index is -3.49. The molecule has 1 aromatic heterocycles. The highest BCUT2D eigenvalue weighted by atomic mass is 32.2. The number of nitrogens with one attached hydrogen (secondary N) is 1. The Kier molecular flexibility index (Phi) is 5.03. The number of sulfonamides is 1. The summed E-state index contributed by atoms with van der Waals surface area (Å²) < 4.78 is 26.8. The molecule has 0 spiro atoms. The van der Waals surface area contributed by atoms with Crippen molar-refractivity contribution in [2.75, 3.05) is 13.1 Å². The monoisotopic (exact) mass is 309 g/mol. The molecule has 2 rings (SSSR count). The van der Waals surface area contributed by atoms with Gasteiger partial charge in [-0.2, -0.15) is 9.52 Å². The third kappa shape index (κ3) is 3.85. The SMILES string of the molecule is CCCN(CCc1nn[nH]n1)S(=O)(=O)c1ccc(C)cc1. The molecule has 114 valence electrons. The number of hydrogen-bond donors (Lipinski definition) is 1. The van der Waals surface area contributed by atoms with Gasteiger partial charge in [0.05, 0.1) is 4.90 Å². The van der Waals surface area contributed by atoms with Crippen molar-refractivity contribution in [3.8, 4) is 0 Å². The molecule has 1 aromatic carbocycles. The van der Waals surface area contributed by atoms with Gasteiger partial charge in [0.15, 0.2) is 5.82 Å². The number of aryl methyl sites for hydroxylation is 1. The van der Waals surface area contributed by atoms with Crippen LogP contribution in [0, 0.1) is 6.92 Å². The Bertz CT molecular complexity index is 652. The maximum absolute atomic E-state index is 12.7. The topological polar surface area (TPSA) is 91.8 Å². The van der Waals surface area contributed by atoms with Crippen molar-refractivity contribution in [3.63, 3.8) is 0 Å². The zero-order valence-electron chi connectivity index (χ0n) is 12.2. The van der Waals surface area contributed by atoms with Crippen LogP contribution in [0.1, 0.15) is 24.7 Å². The molecule has 0 aliphatic heterocycles. The van der Waals surface area contributed by atoms with Crippen molar-refractivity contribution in [1.29, 1.82) is 0 Å². The molecule has 0 amide bonds. The van der Waals surface area contributed by atoms with E-state index in [4.69, 9.17) is 0 Å². The number of aromatic nitrogens is 4. The first-order chi connectivity index (χ1) is 10.0. The number of aromatic amines is 1. The maximum Gasteiger partial charge on any atom is 0.243 e. The molecule has 0 fully saturated rings. The molecule has 0 radical (unpaired) electrons. The average molecular weight is 309 g/mol. The molecule has 1 N–H and O–H groups in total. The fraction of sp³-hybridized carbons (Fsp3) is 0.462. The zero-order chi connectivity index (χ0) is 15.3. The summed E-state index contributed by atoms with van der Waals surface area (Å²) in [6.45, 7) is 4.68. The molecule has 0 saturated carbocycles. The Morgan fingerprint density at radius 3 is 2.48 bits per heavy atom. The van der Waals surface area contributed by atoms with Crippen molar-refractivity contribution in [2.45, 2.75) is 31.6 Å². The predicted octanol–water partition coefficient (Wildman–Crippen LogP) is 1.15. The number of tetrazole rings is 1. The van der Waals surface area contributed by atoms with E-state index in [0.29, 0.717) is 30.2 Å². The first kappa shape index (κ1) is 15.6. The summed E-state index contributed by atoms with van der Waals surface area (Å²) in [5, 5.41) is 13.5. The van der Waals surface area contributed by atoms with Crippen molar-refractivity contribution in [1.82, 2.24) is 24.9 Å². The summed E-state index contributed by atoms with van der Waals surface area (Å²) >= 11 is 0. The third-order valence-electron chi connectivity index (χ3n) is 3.11. The number of benzene rings is 1. The van der Waals surface area contributed by atoms with E-state index in [1.165, 1.54) is 4.31 Å². The lowest BCUT2D eigenvalue weighted by molar-refractivity contribution is 0.411. The number of H-pyrrole nitrogens is 1. The van der Waals surface area contributed by atoms with Crippen LogP contribution in [0.4, 0.5) is 0 Å². The first-order valence-electron chi connectivity index (χ1n) is 6.83. The number of nitrogens with zero attached hydrogens (tertiary/aromatic N) is 4. The largest absolute Gasteiger partial charge is 0.243 e. The molecule has 1 heterocycles. The highest BCUT2D eigenvalue weighted by Gasteiger charge is 2.23. The third-order valence-corrected chi connectivity index (χ3v) is 5.02. The van der Waals surface area contributed by atoms with Crippen molar-refractivity contribution in [3.05, 3.63) is 35.7 Å². The van der Waals surface area contributed by atoms with Crippen molar-refractivity contribution < 1.29 is 8.42 Å². The van der Waals surface area contributed by atoms with Crippen LogP contribution in [-0.4, -0.2) is 46.4 Å². The smallest absolute Gasteiger partial charge is 0.207 e. The Labute approximate surface area is 124 Å². The van der Waals surface area contributed by atoms with E-state index in [1.807, 2.05) is 13.8 Å². The molecule has 0 unspecified atom stereocenters. The second-order valence-corrected chi connectivity index (χ2v) is 6.73. The molecule has 8 heteroatoms. The van der Waals surface area contributed by atoms with E-state index in [0.717, 1.165) is 12.0 Å². The molecule has 21 heavy (non-hydrogen) atoms. The summed E-state index contributed by atoms with van der Waals surface area (Å²) in [6, 6.07) is 6.88. The molecular formula is C13H19N5O2S. The lowest BCUT2D eigenvalue weighted by Gasteiger charge is -2.21. The second kappa shape index (κ2) is 6.77. The lowest BCUT2D eigenvalue weighted by Crippen LogP contribution is -2.33. The van der Waals surface area contributed by atoms with Gasteiger partial charge in [0.25, 0.3) is 0 Å². The standard InChI is InChI=1S/C13H19N5O2S/c1-3-9-18(10-8-13-14-16-17-15-13)21(19,20)12-6-4-11(2)5-7-12/h4-7H,3,8-10H2,1-2H3,(H,14,15,16,17). The molecule has 2 aromatic rings. The van der Waals surface area contributed by atoms with Gasteiger partial charge >= 0.3 is 0 Å². The van der Waals surface area contributed by atoms with E-state index >= 15 is 0 Å². The molecular weight excluding hydrogens is 290 g/mol. The van der Waals surface area contributed by atoms with Crippen molar-refractivity contribution >= 4 is 10.0 Å². The van der Waals surface area contributed by atoms with Gasteiger partial charge in [0, 0.05) is 19.5 Å². The summed E-state index contributed by atoms with van der Waals surface area (Å²) in [6.07, 6.45) is 1.18. The van der Waals surface area contributed by atoms with Gasteiger partial charge in [0.2, 0.25) is 10.0 Å². The van der Waals surface area contributed by atoms with Crippen LogP contribution in [0.2, 0.25) is 0 Å². The Morgan fingerprint density at radius 1 is 1.19 bits per heavy atom. The summed E-state index contributed by atoms with van der Waals surface area (Å²) in [7, 11) is -3.49. The van der Waals surface area contributed by atoms with Gasteiger partial charge in [-0.15, -0.1) is 10.2 Å². The van der Waals surface area contributed by atoms with Crippen LogP contribution in [-0.2, 0) is 16.4 Å². The molecule has 0 aliphatic carbocycles. The van der Waals surface area contributed by atoms with Crippen LogP contribution in [0.5, 0.6) is 0 Å². The van der Waals surface area contributed by atoms with Crippen LogP contribution in [0.15, 0.2) is 29.2 Å². The van der Waals surface area contributed by atoms with E-state index < -0.39 is 10.0 Å². The van der Waals surface area contributed by atoms with Gasteiger partial charge in [-0.1, -0.05) is 29.8 Å². The van der Waals surface area contributed by atoms with E-state index in [9.17, 15) is 8.42 Å². The number of hydrogen-bond acceptors (Lipinski definition) is 5. The van der Waals surface area contributed by atoms with E-state index in [2.05, 4.69) is 20.6 Å². The summed E-state index contributed by atoms with van der Waals surface area (Å²) in [5.41, 5.74) is 1.03. The Morgan fingerprint density at radius 2 is 1.90 bits per heavy atom.